The maximum Gasteiger partial charge on any atom is 0.225 e. The highest BCUT2D eigenvalue weighted by Gasteiger charge is 2.25. The Morgan fingerprint density at radius 1 is 0.808 bits per heavy atom. The zero-order chi connectivity index (χ0) is 17.9. The number of hydrogen-bond acceptors (Lipinski definition) is 2. The predicted molar refractivity (Wildman–Crippen MR) is 112 cm³/mol. The van der Waals surface area contributed by atoms with E-state index in [4.69, 9.17) is 0 Å². The van der Waals surface area contributed by atoms with E-state index in [-0.39, 0.29) is 0 Å². The Kier molecular flexibility index (Phi) is 4.63. The van der Waals surface area contributed by atoms with Crippen LogP contribution in [0.15, 0.2) is 88.7 Å². The zero-order valence-corrected chi connectivity index (χ0v) is 15.8. The van der Waals surface area contributed by atoms with Crippen LogP contribution in [0.4, 0.5) is 11.4 Å². The SMILES string of the molecule is CN(C)c1ccc(/C=C2\Sc3ccccc3[NH+]=C2c2ccccc2)cc1. The summed E-state index contributed by atoms with van der Waals surface area (Å²) in [7, 11) is 4.12. The molecule has 0 aromatic heterocycles. The van der Waals surface area contributed by atoms with Crippen LogP contribution in [-0.2, 0) is 0 Å². The van der Waals surface area contributed by atoms with Crippen LogP contribution in [0, 0.1) is 0 Å². The number of hydrogen-bond donors (Lipinski definition) is 1. The van der Waals surface area contributed by atoms with Gasteiger partial charge in [-0.25, -0.2) is 4.99 Å². The lowest BCUT2D eigenvalue weighted by molar-refractivity contribution is -0.355. The van der Waals surface area contributed by atoms with Crippen molar-refractivity contribution < 1.29 is 4.99 Å². The number of allylic oxidation sites excluding steroid dienone is 1. The third-order valence-corrected chi connectivity index (χ3v) is 5.50. The monoisotopic (exact) mass is 357 g/mol. The molecule has 0 unspecified atom stereocenters. The molecule has 0 spiro atoms. The van der Waals surface area contributed by atoms with Crippen molar-refractivity contribution >= 4 is 34.9 Å². The van der Waals surface area contributed by atoms with Gasteiger partial charge in [0.05, 0.1) is 9.80 Å². The van der Waals surface area contributed by atoms with Crippen molar-refractivity contribution in [1.29, 1.82) is 0 Å². The first-order chi connectivity index (χ1) is 12.7. The first-order valence-electron chi connectivity index (χ1n) is 8.66. The Balaban J connectivity index is 1.78. The van der Waals surface area contributed by atoms with Crippen LogP contribution >= 0.6 is 11.8 Å². The molecule has 1 N–H and O–H groups in total. The predicted octanol–water partition coefficient (Wildman–Crippen LogP) is 4.10. The molecule has 0 amide bonds. The van der Waals surface area contributed by atoms with Gasteiger partial charge in [-0.05, 0) is 42.0 Å². The van der Waals surface area contributed by atoms with Crippen molar-refractivity contribution in [3.8, 4) is 0 Å². The molecule has 26 heavy (non-hydrogen) atoms. The molecule has 0 saturated carbocycles. The average Bonchev–Trinajstić information content (AvgIpc) is 2.68. The summed E-state index contributed by atoms with van der Waals surface area (Å²) < 4.78 is 0. The lowest BCUT2D eigenvalue weighted by Crippen LogP contribution is -2.68. The van der Waals surface area contributed by atoms with Crippen LogP contribution in [0.5, 0.6) is 0 Å². The number of para-hydroxylation sites is 1. The molecule has 0 saturated heterocycles. The topological polar surface area (TPSA) is 17.2 Å². The summed E-state index contributed by atoms with van der Waals surface area (Å²) in [6, 6.07) is 27.6. The Morgan fingerprint density at radius 3 is 2.23 bits per heavy atom. The van der Waals surface area contributed by atoms with E-state index in [1.165, 1.54) is 26.6 Å². The van der Waals surface area contributed by atoms with E-state index in [0.717, 1.165) is 11.4 Å². The minimum Gasteiger partial charge on any atom is -0.378 e. The normalized spacial score (nSPS) is 14.7. The summed E-state index contributed by atoms with van der Waals surface area (Å²) in [5.41, 5.74) is 5.93. The van der Waals surface area contributed by atoms with Crippen molar-refractivity contribution in [1.82, 2.24) is 0 Å². The van der Waals surface area contributed by atoms with Crippen LogP contribution in [0.2, 0.25) is 0 Å². The van der Waals surface area contributed by atoms with E-state index >= 15 is 0 Å². The summed E-state index contributed by atoms with van der Waals surface area (Å²) in [5, 5.41) is 0. The summed E-state index contributed by atoms with van der Waals surface area (Å²) in [6.07, 6.45) is 2.26. The Bertz CT molecular complexity index is 971. The van der Waals surface area contributed by atoms with Gasteiger partial charge in [0.2, 0.25) is 11.4 Å². The minimum absolute atomic E-state index is 1.16. The fourth-order valence-electron chi connectivity index (χ4n) is 2.97. The van der Waals surface area contributed by atoms with Crippen LogP contribution < -0.4 is 9.89 Å². The van der Waals surface area contributed by atoms with Gasteiger partial charge in [-0.2, -0.15) is 0 Å². The number of rotatable bonds is 3. The zero-order valence-electron chi connectivity index (χ0n) is 14.9. The Labute approximate surface area is 158 Å². The highest BCUT2D eigenvalue weighted by atomic mass is 32.2. The molecule has 4 rings (SSSR count). The van der Waals surface area contributed by atoms with Crippen molar-refractivity contribution in [3.63, 3.8) is 0 Å². The second kappa shape index (κ2) is 7.22. The number of nitrogens with one attached hydrogen (secondary N) is 1. The van der Waals surface area contributed by atoms with Crippen molar-refractivity contribution in [2.24, 2.45) is 0 Å². The molecule has 0 atom stereocenters. The standard InChI is InChI=1S/C23H20N2S/c1-25(2)19-14-12-17(13-15-19)16-22-23(18-8-4-3-5-9-18)24-20-10-6-7-11-21(20)26-22/h3-16H,1-2H3/p+1/b22-16-. The van der Waals surface area contributed by atoms with Gasteiger partial charge in [0.25, 0.3) is 0 Å². The van der Waals surface area contributed by atoms with E-state index in [1.807, 2.05) is 11.8 Å². The molecule has 0 radical (unpaired) electrons. The smallest absolute Gasteiger partial charge is 0.225 e. The molecule has 1 heterocycles. The number of benzene rings is 3. The molecular weight excluding hydrogens is 336 g/mol. The first-order valence-corrected chi connectivity index (χ1v) is 9.48. The second-order valence-electron chi connectivity index (χ2n) is 6.46. The lowest BCUT2D eigenvalue weighted by atomic mass is 10.1. The second-order valence-corrected chi connectivity index (χ2v) is 7.54. The first kappa shape index (κ1) is 16.7. The summed E-state index contributed by atoms with van der Waals surface area (Å²) in [5.74, 6) is 0. The molecular formula is C23H21N2S+. The van der Waals surface area contributed by atoms with Gasteiger partial charge in [-0.3, -0.25) is 0 Å². The quantitative estimate of drug-likeness (QED) is 0.760. The number of nitrogens with zero attached hydrogens (tertiary/aromatic N) is 1. The van der Waals surface area contributed by atoms with Gasteiger partial charge in [-0.15, -0.1) is 0 Å². The van der Waals surface area contributed by atoms with Crippen molar-refractivity contribution in [3.05, 3.63) is 94.9 Å². The molecule has 128 valence electrons. The molecule has 0 fully saturated rings. The minimum atomic E-state index is 1.16. The molecule has 1 aliphatic rings. The van der Waals surface area contributed by atoms with Crippen molar-refractivity contribution in [2.45, 2.75) is 4.90 Å². The van der Waals surface area contributed by atoms with Gasteiger partial charge in [0.15, 0.2) is 0 Å². The van der Waals surface area contributed by atoms with E-state index in [0.29, 0.717) is 0 Å². The van der Waals surface area contributed by atoms with Gasteiger partial charge < -0.3 is 4.90 Å². The molecule has 3 aromatic rings. The fourth-order valence-corrected chi connectivity index (χ4v) is 4.04. The van der Waals surface area contributed by atoms with Crippen LogP contribution in [0.3, 0.4) is 0 Å². The fraction of sp³-hybridized carbons (Fsp3) is 0.0870. The number of thioether (sulfide) groups is 1. The van der Waals surface area contributed by atoms with Gasteiger partial charge in [0.1, 0.15) is 0 Å². The summed E-state index contributed by atoms with van der Waals surface area (Å²) >= 11 is 1.82. The maximum atomic E-state index is 3.63. The van der Waals surface area contributed by atoms with E-state index in [9.17, 15) is 0 Å². The molecule has 3 aromatic carbocycles. The lowest BCUT2D eigenvalue weighted by Gasteiger charge is -2.14. The van der Waals surface area contributed by atoms with Crippen LogP contribution in [0.1, 0.15) is 11.1 Å². The third-order valence-electron chi connectivity index (χ3n) is 4.38. The summed E-state index contributed by atoms with van der Waals surface area (Å²) in [6.45, 7) is 0. The molecule has 1 aliphatic heterocycles. The van der Waals surface area contributed by atoms with E-state index < -0.39 is 0 Å². The third kappa shape index (κ3) is 3.44. The van der Waals surface area contributed by atoms with Crippen molar-refractivity contribution in [2.75, 3.05) is 19.0 Å². The Hall–Kier alpha value is -2.78. The van der Waals surface area contributed by atoms with Gasteiger partial charge >= 0.3 is 0 Å². The highest BCUT2D eigenvalue weighted by Crippen LogP contribution is 2.35. The molecule has 0 aliphatic carbocycles. The number of fused-ring (bicyclic) bond motifs is 1. The molecule has 0 bridgehead atoms. The van der Waals surface area contributed by atoms with Gasteiger partial charge in [-0.1, -0.05) is 54.2 Å². The van der Waals surface area contributed by atoms with E-state index in [1.54, 1.807) is 0 Å². The van der Waals surface area contributed by atoms with Crippen LogP contribution in [-0.4, -0.2) is 19.8 Å². The van der Waals surface area contributed by atoms with Gasteiger partial charge in [0, 0.05) is 31.4 Å². The Morgan fingerprint density at radius 2 is 1.50 bits per heavy atom. The van der Waals surface area contributed by atoms with Crippen LogP contribution in [0.25, 0.3) is 6.08 Å². The molecule has 3 heteroatoms. The maximum absolute atomic E-state index is 3.63. The average molecular weight is 358 g/mol. The van der Waals surface area contributed by atoms with E-state index in [2.05, 4.69) is 109 Å². The summed E-state index contributed by atoms with van der Waals surface area (Å²) in [4.78, 5) is 8.23. The largest absolute Gasteiger partial charge is 0.378 e. The highest BCUT2D eigenvalue weighted by molar-refractivity contribution is 8.04. The number of anilines is 1. The molecule has 2 nitrogen and oxygen atoms in total.